The van der Waals surface area contributed by atoms with E-state index in [0.29, 0.717) is 12.1 Å². The van der Waals surface area contributed by atoms with Crippen molar-refractivity contribution in [1.29, 1.82) is 0 Å². The maximum Gasteiger partial charge on any atom is 0.307 e. The molecule has 0 amide bonds. The fourth-order valence-corrected chi connectivity index (χ4v) is 2.74. The van der Waals surface area contributed by atoms with Gasteiger partial charge in [-0.3, -0.25) is 9.78 Å². The van der Waals surface area contributed by atoms with Crippen LogP contribution in [-0.2, 0) is 21.2 Å². The Labute approximate surface area is 113 Å². The zero-order valence-electron chi connectivity index (χ0n) is 11.0. The summed E-state index contributed by atoms with van der Waals surface area (Å²) in [6.07, 6.45) is 1.92. The second-order valence-electron chi connectivity index (χ2n) is 4.41. The number of pyridine rings is 1. The van der Waals surface area contributed by atoms with Gasteiger partial charge in [0, 0.05) is 31.9 Å². The molecular formula is C12H18N2O4S. The zero-order chi connectivity index (χ0) is 14.5. The molecular weight excluding hydrogens is 268 g/mol. The van der Waals surface area contributed by atoms with Crippen LogP contribution in [0.5, 0.6) is 0 Å². The molecule has 0 aliphatic rings. The lowest BCUT2D eigenvalue weighted by molar-refractivity contribution is -0.141. The number of nitrogens with zero attached hydrogens (tertiary/aromatic N) is 2. The number of hydrogen-bond acceptors (Lipinski definition) is 4. The van der Waals surface area contributed by atoms with Gasteiger partial charge in [0.25, 0.3) is 0 Å². The minimum absolute atomic E-state index is 0.0279. The third-order valence-electron chi connectivity index (χ3n) is 2.77. The number of sulfonamides is 1. The third-order valence-corrected chi connectivity index (χ3v) is 4.59. The Bertz CT molecular complexity index is 516. The first-order valence-electron chi connectivity index (χ1n) is 5.89. The molecule has 106 valence electrons. The van der Waals surface area contributed by atoms with Crippen molar-refractivity contribution in [1.82, 2.24) is 9.29 Å². The van der Waals surface area contributed by atoms with Crippen LogP contribution in [-0.4, -0.2) is 48.1 Å². The molecule has 0 spiro atoms. The van der Waals surface area contributed by atoms with Gasteiger partial charge in [-0.15, -0.1) is 0 Å². The Morgan fingerprint density at radius 3 is 2.68 bits per heavy atom. The number of aryl methyl sites for hydroxylation is 1. The van der Waals surface area contributed by atoms with Crippen molar-refractivity contribution >= 4 is 16.0 Å². The van der Waals surface area contributed by atoms with Gasteiger partial charge in [-0.25, -0.2) is 12.7 Å². The predicted molar refractivity (Wildman–Crippen MR) is 71.2 cm³/mol. The molecule has 0 saturated heterocycles. The van der Waals surface area contributed by atoms with Gasteiger partial charge in [-0.1, -0.05) is 13.0 Å². The van der Waals surface area contributed by atoms with Gasteiger partial charge in [-0.05, 0) is 12.1 Å². The first-order chi connectivity index (χ1) is 8.83. The molecule has 1 unspecified atom stereocenters. The summed E-state index contributed by atoms with van der Waals surface area (Å²) in [6, 6.07) is 5.32. The van der Waals surface area contributed by atoms with Crippen molar-refractivity contribution in [3.63, 3.8) is 0 Å². The lowest BCUT2D eigenvalue weighted by Crippen LogP contribution is -2.35. The Morgan fingerprint density at radius 1 is 1.47 bits per heavy atom. The smallest absolute Gasteiger partial charge is 0.307 e. The van der Waals surface area contributed by atoms with E-state index >= 15 is 0 Å². The Morgan fingerprint density at radius 2 is 2.16 bits per heavy atom. The van der Waals surface area contributed by atoms with Crippen LogP contribution in [0, 0.1) is 5.92 Å². The Kier molecular flexibility index (Phi) is 5.44. The van der Waals surface area contributed by atoms with Crippen LogP contribution in [0.15, 0.2) is 24.4 Å². The fraction of sp³-hybridized carbons (Fsp3) is 0.500. The van der Waals surface area contributed by atoms with Crippen molar-refractivity contribution < 1.29 is 18.3 Å². The first kappa shape index (κ1) is 15.6. The molecule has 1 aromatic heterocycles. The summed E-state index contributed by atoms with van der Waals surface area (Å²) in [7, 11) is -2.06. The summed E-state index contributed by atoms with van der Waals surface area (Å²) in [6.45, 7) is 1.45. The molecule has 1 heterocycles. The molecule has 0 radical (unpaired) electrons. The van der Waals surface area contributed by atoms with Crippen molar-refractivity contribution in [2.45, 2.75) is 13.3 Å². The highest BCUT2D eigenvalue weighted by atomic mass is 32.2. The summed E-state index contributed by atoms with van der Waals surface area (Å²) in [5.41, 5.74) is 0.700. The van der Waals surface area contributed by atoms with Crippen molar-refractivity contribution in [3.8, 4) is 0 Å². The molecule has 0 aliphatic carbocycles. The number of carbonyl (C=O) groups is 1. The van der Waals surface area contributed by atoms with Crippen LogP contribution in [0.2, 0.25) is 0 Å². The van der Waals surface area contributed by atoms with E-state index in [1.807, 2.05) is 0 Å². The molecule has 0 bridgehead atoms. The Balaban J connectivity index is 2.58. The van der Waals surface area contributed by atoms with Crippen LogP contribution < -0.4 is 0 Å². The summed E-state index contributed by atoms with van der Waals surface area (Å²) < 4.78 is 25.0. The largest absolute Gasteiger partial charge is 0.481 e. The molecule has 6 nitrogen and oxygen atoms in total. The number of carboxylic acids is 1. The molecule has 1 N–H and O–H groups in total. The summed E-state index contributed by atoms with van der Waals surface area (Å²) in [5, 5.41) is 8.77. The average Bonchev–Trinajstić information content (AvgIpc) is 2.37. The normalized spacial score (nSPS) is 13.4. The van der Waals surface area contributed by atoms with Crippen LogP contribution in [0.1, 0.15) is 12.6 Å². The monoisotopic (exact) mass is 286 g/mol. The average molecular weight is 286 g/mol. The van der Waals surface area contributed by atoms with E-state index in [1.54, 1.807) is 24.4 Å². The van der Waals surface area contributed by atoms with E-state index < -0.39 is 21.9 Å². The van der Waals surface area contributed by atoms with E-state index in [2.05, 4.69) is 4.98 Å². The minimum Gasteiger partial charge on any atom is -0.481 e. The maximum atomic E-state index is 12.0. The molecule has 19 heavy (non-hydrogen) atoms. The molecule has 0 aromatic carbocycles. The molecule has 1 aromatic rings. The van der Waals surface area contributed by atoms with Gasteiger partial charge in [0.2, 0.25) is 10.0 Å². The van der Waals surface area contributed by atoms with Crippen molar-refractivity contribution in [2.24, 2.45) is 5.92 Å². The van der Waals surface area contributed by atoms with Crippen LogP contribution in [0.3, 0.4) is 0 Å². The first-order valence-corrected chi connectivity index (χ1v) is 7.50. The summed E-state index contributed by atoms with van der Waals surface area (Å²) in [4.78, 5) is 14.8. The van der Waals surface area contributed by atoms with Gasteiger partial charge >= 0.3 is 5.97 Å². The fourth-order valence-electron chi connectivity index (χ4n) is 1.51. The lowest BCUT2D eigenvalue weighted by Gasteiger charge is -2.19. The van der Waals surface area contributed by atoms with Crippen LogP contribution >= 0.6 is 0 Å². The molecule has 1 rings (SSSR count). The summed E-state index contributed by atoms with van der Waals surface area (Å²) >= 11 is 0. The highest BCUT2D eigenvalue weighted by Gasteiger charge is 2.22. The molecule has 0 aliphatic heterocycles. The van der Waals surface area contributed by atoms with E-state index in [4.69, 9.17) is 5.11 Å². The number of rotatable bonds is 7. The van der Waals surface area contributed by atoms with Crippen molar-refractivity contribution in [2.75, 3.05) is 19.3 Å². The predicted octanol–water partition coefficient (Wildman–Crippen LogP) is 0.606. The van der Waals surface area contributed by atoms with Gasteiger partial charge in [-0.2, -0.15) is 0 Å². The van der Waals surface area contributed by atoms with E-state index in [1.165, 1.54) is 14.0 Å². The third kappa shape index (κ3) is 4.96. The number of aromatic nitrogens is 1. The quantitative estimate of drug-likeness (QED) is 0.793. The number of aliphatic carboxylic acids is 1. The number of hydrogen-bond donors (Lipinski definition) is 1. The Hall–Kier alpha value is -1.47. The standard InChI is InChI=1S/C12H18N2O4S/c1-10(12(15)16)9-14(2)19(17,18)8-6-11-5-3-4-7-13-11/h3-5,7,10H,6,8-9H2,1-2H3,(H,15,16). The van der Waals surface area contributed by atoms with Gasteiger partial charge in [0.1, 0.15) is 0 Å². The van der Waals surface area contributed by atoms with Gasteiger partial charge in [0.05, 0.1) is 11.7 Å². The second-order valence-corrected chi connectivity index (χ2v) is 6.60. The highest BCUT2D eigenvalue weighted by Crippen LogP contribution is 2.07. The van der Waals surface area contributed by atoms with Crippen LogP contribution in [0.25, 0.3) is 0 Å². The molecule has 7 heteroatoms. The lowest BCUT2D eigenvalue weighted by atomic mass is 10.2. The maximum absolute atomic E-state index is 12.0. The SMILES string of the molecule is CC(CN(C)S(=O)(=O)CCc1ccccn1)C(=O)O. The highest BCUT2D eigenvalue weighted by molar-refractivity contribution is 7.89. The topological polar surface area (TPSA) is 87.6 Å². The van der Waals surface area contributed by atoms with Gasteiger partial charge < -0.3 is 5.11 Å². The second kappa shape index (κ2) is 6.63. The van der Waals surface area contributed by atoms with E-state index in [9.17, 15) is 13.2 Å². The molecule has 0 saturated carbocycles. The molecule has 0 fully saturated rings. The zero-order valence-corrected chi connectivity index (χ0v) is 11.8. The van der Waals surface area contributed by atoms with E-state index in [0.717, 1.165) is 4.31 Å². The van der Waals surface area contributed by atoms with Crippen molar-refractivity contribution in [3.05, 3.63) is 30.1 Å². The van der Waals surface area contributed by atoms with Gasteiger partial charge in [0.15, 0.2) is 0 Å². The summed E-state index contributed by atoms with van der Waals surface area (Å²) in [5.74, 6) is -1.81. The van der Waals surface area contributed by atoms with Crippen LogP contribution in [0.4, 0.5) is 0 Å². The number of carboxylic acid groups (broad SMARTS) is 1. The molecule has 1 atom stereocenters. The minimum atomic E-state index is -3.46. The van der Waals surface area contributed by atoms with E-state index in [-0.39, 0.29) is 12.3 Å².